The van der Waals surface area contributed by atoms with Crippen molar-refractivity contribution in [1.82, 2.24) is 10.6 Å². The maximum Gasteiger partial charge on any atom is 0.387 e. The Balaban J connectivity index is 2.74. The molecule has 0 fully saturated rings. The van der Waals surface area contributed by atoms with Crippen LogP contribution in [0.5, 0.6) is 5.75 Å². The van der Waals surface area contributed by atoms with Gasteiger partial charge in [-0.05, 0) is 18.9 Å². The number of guanidine groups is 1. The molecule has 0 aliphatic heterocycles. The van der Waals surface area contributed by atoms with Gasteiger partial charge in [-0.3, -0.25) is 0 Å². The standard InChI is InChI=1S/C15H23F2N3O/c1-4-18-15(19-9-11(2)3)20-10-12-7-5-6-8-13(12)21-14(16)17/h5-8,11,14H,4,9-10H2,1-3H3,(H2,18,19,20). The SMILES string of the molecule is CCNC(=NCc1ccccc1OC(F)F)NCC(C)C. The second-order valence-electron chi connectivity index (χ2n) is 4.96. The van der Waals surface area contributed by atoms with Crippen molar-refractivity contribution in [2.75, 3.05) is 13.1 Å². The molecule has 0 atom stereocenters. The predicted molar refractivity (Wildman–Crippen MR) is 80.7 cm³/mol. The molecule has 21 heavy (non-hydrogen) atoms. The highest BCUT2D eigenvalue weighted by Gasteiger charge is 2.09. The van der Waals surface area contributed by atoms with E-state index in [0.29, 0.717) is 17.4 Å². The number of nitrogens with one attached hydrogen (secondary N) is 2. The number of benzene rings is 1. The molecule has 0 heterocycles. The van der Waals surface area contributed by atoms with Gasteiger partial charge in [-0.1, -0.05) is 32.0 Å². The highest BCUT2D eigenvalue weighted by molar-refractivity contribution is 5.79. The Morgan fingerprint density at radius 3 is 2.57 bits per heavy atom. The molecule has 1 rings (SSSR count). The van der Waals surface area contributed by atoms with Gasteiger partial charge in [0.1, 0.15) is 5.75 Å². The first-order valence-electron chi connectivity index (χ1n) is 7.07. The van der Waals surface area contributed by atoms with Gasteiger partial charge in [0, 0.05) is 18.7 Å². The Morgan fingerprint density at radius 2 is 1.95 bits per heavy atom. The molecule has 4 nitrogen and oxygen atoms in total. The smallest absolute Gasteiger partial charge is 0.387 e. The Bertz CT molecular complexity index is 450. The predicted octanol–water partition coefficient (Wildman–Crippen LogP) is 3.00. The topological polar surface area (TPSA) is 45.7 Å². The minimum atomic E-state index is -2.83. The fraction of sp³-hybridized carbons (Fsp3) is 0.533. The van der Waals surface area contributed by atoms with E-state index in [1.165, 1.54) is 6.07 Å². The summed E-state index contributed by atoms with van der Waals surface area (Å²) in [6, 6.07) is 6.68. The van der Waals surface area contributed by atoms with Crippen LogP contribution in [0.2, 0.25) is 0 Å². The number of nitrogens with zero attached hydrogens (tertiary/aromatic N) is 1. The third-order valence-corrected chi connectivity index (χ3v) is 2.62. The quantitative estimate of drug-likeness (QED) is 0.601. The van der Waals surface area contributed by atoms with Crippen molar-refractivity contribution in [3.8, 4) is 5.75 Å². The molecular weight excluding hydrogens is 276 g/mol. The average Bonchev–Trinajstić information content (AvgIpc) is 2.42. The summed E-state index contributed by atoms with van der Waals surface area (Å²) in [6.45, 7) is 5.14. The largest absolute Gasteiger partial charge is 0.434 e. The lowest BCUT2D eigenvalue weighted by molar-refractivity contribution is -0.0504. The zero-order chi connectivity index (χ0) is 15.7. The number of para-hydroxylation sites is 1. The van der Waals surface area contributed by atoms with Crippen LogP contribution in [0.15, 0.2) is 29.3 Å². The van der Waals surface area contributed by atoms with Crippen molar-refractivity contribution >= 4 is 5.96 Å². The van der Waals surface area contributed by atoms with Gasteiger partial charge >= 0.3 is 6.61 Å². The maximum absolute atomic E-state index is 12.3. The molecule has 0 spiro atoms. The van der Waals surface area contributed by atoms with E-state index < -0.39 is 6.61 Å². The summed E-state index contributed by atoms with van der Waals surface area (Å²) in [5.74, 6) is 1.32. The molecular formula is C15H23F2N3O. The van der Waals surface area contributed by atoms with Crippen molar-refractivity contribution in [2.45, 2.75) is 33.9 Å². The molecule has 0 bridgehead atoms. The molecule has 0 saturated carbocycles. The molecule has 0 radical (unpaired) electrons. The average molecular weight is 299 g/mol. The lowest BCUT2D eigenvalue weighted by Crippen LogP contribution is -2.39. The Hall–Kier alpha value is -1.85. The number of hydrogen-bond acceptors (Lipinski definition) is 2. The van der Waals surface area contributed by atoms with Crippen LogP contribution in [0, 0.1) is 5.92 Å². The van der Waals surface area contributed by atoms with Crippen molar-refractivity contribution in [3.63, 3.8) is 0 Å². The molecule has 2 N–H and O–H groups in total. The first-order chi connectivity index (χ1) is 10.0. The summed E-state index contributed by atoms with van der Waals surface area (Å²) in [4.78, 5) is 4.39. The monoisotopic (exact) mass is 299 g/mol. The van der Waals surface area contributed by atoms with Gasteiger partial charge in [0.2, 0.25) is 0 Å². The second kappa shape index (κ2) is 9.15. The van der Waals surface area contributed by atoms with Gasteiger partial charge in [-0.15, -0.1) is 0 Å². The third kappa shape index (κ3) is 6.92. The molecule has 0 aliphatic rings. The summed E-state index contributed by atoms with van der Waals surface area (Å²) in [6.07, 6.45) is 0. The number of alkyl halides is 2. The Kier molecular flexibility index (Phi) is 7.50. The van der Waals surface area contributed by atoms with E-state index in [0.717, 1.165) is 13.1 Å². The molecule has 6 heteroatoms. The van der Waals surface area contributed by atoms with Crippen LogP contribution < -0.4 is 15.4 Å². The van der Waals surface area contributed by atoms with Crippen molar-refractivity contribution < 1.29 is 13.5 Å². The zero-order valence-electron chi connectivity index (χ0n) is 12.7. The minimum Gasteiger partial charge on any atom is -0.434 e. The van der Waals surface area contributed by atoms with Gasteiger partial charge in [-0.25, -0.2) is 4.99 Å². The van der Waals surface area contributed by atoms with Crippen LogP contribution in [0.25, 0.3) is 0 Å². The van der Waals surface area contributed by atoms with Gasteiger partial charge in [0.25, 0.3) is 0 Å². The van der Waals surface area contributed by atoms with Gasteiger partial charge < -0.3 is 15.4 Å². The number of rotatable bonds is 7. The normalized spacial score (nSPS) is 11.9. The van der Waals surface area contributed by atoms with E-state index in [-0.39, 0.29) is 12.3 Å². The fourth-order valence-electron chi connectivity index (χ4n) is 1.65. The van der Waals surface area contributed by atoms with Gasteiger partial charge in [-0.2, -0.15) is 8.78 Å². The molecule has 1 aromatic rings. The molecule has 0 unspecified atom stereocenters. The van der Waals surface area contributed by atoms with E-state index >= 15 is 0 Å². The highest BCUT2D eigenvalue weighted by Crippen LogP contribution is 2.20. The molecule has 0 saturated heterocycles. The van der Waals surface area contributed by atoms with E-state index in [1.807, 2.05) is 6.92 Å². The zero-order valence-corrected chi connectivity index (χ0v) is 12.7. The van der Waals surface area contributed by atoms with Crippen LogP contribution in [0.3, 0.4) is 0 Å². The number of aliphatic imine (C=N–C) groups is 1. The minimum absolute atomic E-state index is 0.163. The highest BCUT2D eigenvalue weighted by atomic mass is 19.3. The summed E-state index contributed by atoms with van der Waals surface area (Å²) in [5, 5.41) is 6.32. The molecule has 118 valence electrons. The van der Waals surface area contributed by atoms with Crippen LogP contribution in [-0.4, -0.2) is 25.7 Å². The van der Waals surface area contributed by atoms with E-state index in [2.05, 4.69) is 34.2 Å². The van der Waals surface area contributed by atoms with Crippen molar-refractivity contribution in [3.05, 3.63) is 29.8 Å². The first kappa shape index (κ1) is 17.2. The summed E-state index contributed by atoms with van der Waals surface area (Å²) >= 11 is 0. The van der Waals surface area contributed by atoms with E-state index in [1.54, 1.807) is 18.2 Å². The van der Waals surface area contributed by atoms with Crippen LogP contribution in [0.4, 0.5) is 8.78 Å². The maximum atomic E-state index is 12.3. The molecule has 0 amide bonds. The van der Waals surface area contributed by atoms with Crippen LogP contribution in [0.1, 0.15) is 26.3 Å². The first-order valence-corrected chi connectivity index (χ1v) is 7.07. The summed E-state index contributed by atoms with van der Waals surface area (Å²) in [5.41, 5.74) is 0.625. The van der Waals surface area contributed by atoms with Crippen LogP contribution in [-0.2, 0) is 6.54 Å². The van der Waals surface area contributed by atoms with E-state index in [9.17, 15) is 8.78 Å². The lowest BCUT2D eigenvalue weighted by atomic mass is 10.2. The number of halogens is 2. The Morgan fingerprint density at radius 1 is 1.24 bits per heavy atom. The Labute approximate surface area is 124 Å². The van der Waals surface area contributed by atoms with Crippen molar-refractivity contribution in [2.24, 2.45) is 10.9 Å². The number of ether oxygens (including phenoxy) is 1. The third-order valence-electron chi connectivity index (χ3n) is 2.62. The molecule has 0 aromatic heterocycles. The summed E-state index contributed by atoms with van der Waals surface area (Å²) in [7, 11) is 0. The second-order valence-corrected chi connectivity index (χ2v) is 4.96. The van der Waals surface area contributed by atoms with Crippen molar-refractivity contribution in [1.29, 1.82) is 0 Å². The number of hydrogen-bond donors (Lipinski definition) is 2. The lowest BCUT2D eigenvalue weighted by Gasteiger charge is -2.14. The fourth-order valence-corrected chi connectivity index (χ4v) is 1.65. The molecule has 0 aliphatic carbocycles. The van der Waals surface area contributed by atoms with Gasteiger partial charge in [0.05, 0.1) is 6.54 Å². The van der Waals surface area contributed by atoms with Gasteiger partial charge in [0.15, 0.2) is 5.96 Å². The van der Waals surface area contributed by atoms with Crippen LogP contribution >= 0.6 is 0 Å². The molecule has 1 aromatic carbocycles. The summed E-state index contributed by atoms with van der Waals surface area (Å²) < 4.78 is 29.2. The van der Waals surface area contributed by atoms with E-state index in [4.69, 9.17) is 0 Å².